The first-order chi connectivity index (χ1) is 13.3. The third-order valence-electron chi connectivity index (χ3n) is 4.38. The molecule has 2 aromatic carbocycles. The summed E-state index contributed by atoms with van der Waals surface area (Å²) in [4.78, 5) is 22.8. The van der Waals surface area contributed by atoms with E-state index in [2.05, 4.69) is 0 Å². The molecule has 2 atom stereocenters. The van der Waals surface area contributed by atoms with Crippen LogP contribution in [0.15, 0.2) is 59.5 Å². The minimum Gasteiger partial charge on any atom is -0.459 e. The zero-order chi connectivity index (χ0) is 20.3. The van der Waals surface area contributed by atoms with Crippen LogP contribution in [0.1, 0.15) is 5.56 Å². The molecule has 2 aromatic rings. The lowest BCUT2D eigenvalue weighted by atomic mass is 10.0. The van der Waals surface area contributed by atoms with E-state index in [1.807, 2.05) is 28.7 Å². The van der Waals surface area contributed by atoms with Gasteiger partial charge in [-0.3, -0.25) is 14.9 Å². The molecule has 148 valence electrons. The number of rotatable bonds is 6. The average Bonchev–Trinajstić information content (AvgIpc) is 2.70. The van der Waals surface area contributed by atoms with Crippen LogP contribution < -0.4 is 0 Å². The standard InChI is InChI=1S/C18H17IN2O6S/c19-11-14-12-20(16(18(22)27-14)10-13-6-2-1-3-7-13)28(25,26)17-9-5-4-8-15(17)21(23)24/h1-9,14,16H,10-12H2/t14-,16-/m1/s1. The maximum Gasteiger partial charge on any atom is 0.325 e. The van der Waals surface area contributed by atoms with Crippen molar-refractivity contribution in [2.24, 2.45) is 0 Å². The normalized spacial score (nSPS) is 20.5. The Morgan fingerprint density at radius 2 is 1.79 bits per heavy atom. The Bertz CT molecular complexity index is 983. The quantitative estimate of drug-likeness (QED) is 0.192. The Morgan fingerprint density at radius 3 is 2.43 bits per heavy atom. The maximum absolute atomic E-state index is 13.3. The van der Waals surface area contributed by atoms with Crippen LogP contribution in [0, 0.1) is 10.1 Å². The highest BCUT2D eigenvalue weighted by atomic mass is 127. The smallest absolute Gasteiger partial charge is 0.325 e. The Morgan fingerprint density at radius 1 is 1.14 bits per heavy atom. The number of hydrogen-bond acceptors (Lipinski definition) is 6. The number of ether oxygens (including phenoxy) is 1. The lowest BCUT2D eigenvalue weighted by Gasteiger charge is -2.36. The van der Waals surface area contributed by atoms with Gasteiger partial charge in [-0.05, 0) is 18.1 Å². The molecule has 28 heavy (non-hydrogen) atoms. The Kier molecular flexibility index (Phi) is 6.30. The first-order valence-electron chi connectivity index (χ1n) is 8.40. The van der Waals surface area contributed by atoms with Crippen molar-refractivity contribution in [3.8, 4) is 0 Å². The summed E-state index contributed by atoms with van der Waals surface area (Å²) in [5, 5.41) is 11.3. The van der Waals surface area contributed by atoms with Gasteiger partial charge in [-0.25, -0.2) is 8.42 Å². The number of nitro benzene ring substituents is 1. The topological polar surface area (TPSA) is 107 Å². The highest BCUT2D eigenvalue weighted by molar-refractivity contribution is 14.1. The van der Waals surface area contributed by atoms with Crippen LogP contribution in [0.25, 0.3) is 0 Å². The molecular formula is C18H17IN2O6S. The number of benzene rings is 2. The van der Waals surface area contributed by atoms with Crippen LogP contribution in [0.3, 0.4) is 0 Å². The Balaban J connectivity index is 2.05. The number of nitro groups is 1. The summed E-state index contributed by atoms with van der Waals surface area (Å²) in [6, 6.07) is 13.0. The van der Waals surface area contributed by atoms with Crippen LogP contribution >= 0.6 is 22.6 Å². The molecule has 8 nitrogen and oxygen atoms in total. The molecule has 0 unspecified atom stereocenters. The summed E-state index contributed by atoms with van der Waals surface area (Å²) in [6.07, 6.45) is -0.495. The molecule has 1 aliphatic rings. The second kappa shape index (κ2) is 8.53. The second-order valence-electron chi connectivity index (χ2n) is 6.22. The van der Waals surface area contributed by atoms with Crippen molar-refractivity contribution in [2.75, 3.05) is 11.0 Å². The summed E-state index contributed by atoms with van der Waals surface area (Å²) in [5.74, 6) is -0.654. The third-order valence-corrected chi connectivity index (χ3v) is 7.28. The Hall–Kier alpha value is -2.05. The second-order valence-corrected chi connectivity index (χ2v) is 8.96. The van der Waals surface area contributed by atoms with Gasteiger partial charge in [0.25, 0.3) is 15.7 Å². The van der Waals surface area contributed by atoms with Gasteiger partial charge in [0.2, 0.25) is 0 Å². The molecule has 3 rings (SSSR count). The molecule has 0 bridgehead atoms. The van der Waals surface area contributed by atoms with E-state index in [0.717, 1.165) is 15.9 Å². The monoisotopic (exact) mass is 516 g/mol. The number of alkyl halides is 1. The molecule has 1 fully saturated rings. The van der Waals surface area contributed by atoms with E-state index in [1.165, 1.54) is 18.2 Å². The van der Waals surface area contributed by atoms with Crippen LogP contribution in [-0.4, -0.2) is 46.7 Å². The van der Waals surface area contributed by atoms with Gasteiger partial charge in [-0.2, -0.15) is 4.31 Å². The van der Waals surface area contributed by atoms with Crippen molar-refractivity contribution >= 4 is 44.3 Å². The summed E-state index contributed by atoms with van der Waals surface area (Å²) >= 11 is 2.01. The predicted octanol–water partition coefficient (Wildman–Crippen LogP) is 2.56. The summed E-state index contributed by atoms with van der Waals surface area (Å²) in [6.45, 7) is -0.0550. The molecule has 1 saturated heterocycles. The van der Waals surface area contributed by atoms with Crippen LogP contribution in [0.4, 0.5) is 5.69 Å². The van der Waals surface area contributed by atoms with Crippen LogP contribution in [0.2, 0.25) is 0 Å². The first kappa shape index (κ1) is 20.7. The van der Waals surface area contributed by atoms with Crippen molar-refractivity contribution in [1.82, 2.24) is 4.31 Å². The number of halogens is 1. The number of esters is 1. The zero-order valence-corrected chi connectivity index (χ0v) is 17.6. The third kappa shape index (κ3) is 4.18. The largest absolute Gasteiger partial charge is 0.459 e. The highest BCUT2D eigenvalue weighted by Gasteiger charge is 2.45. The van der Waals surface area contributed by atoms with Gasteiger partial charge in [-0.1, -0.05) is 65.1 Å². The van der Waals surface area contributed by atoms with Crippen LogP contribution in [-0.2, 0) is 26.0 Å². The number of morpholine rings is 1. The number of para-hydroxylation sites is 1. The number of nitrogens with zero attached hydrogens (tertiary/aromatic N) is 2. The molecule has 0 radical (unpaired) electrons. The highest BCUT2D eigenvalue weighted by Crippen LogP contribution is 2.31. The summed E-state index contributed by atoms with van der Waals surface area (Å²) in [7, 11) is -4.30. The van der Waals surface area contributed by atoms with Gasteiger partial charge in [0, 0.05) is 10.5 Å². The van der Waals surface area contributed by atoms with E-state index in [1.54, 1.807) is 24.3 Å². The summed E-state index contributed by atoms with van der Waals surface area (Å²) < 4.78 is 33.5. The molecule has 0 saturated carbocycles. The fourth-order valence-corrected chi connectivity index (χ4v) is 5.27. The number of cyclic esters (lactones) is 1. The molecule has 1 aliphatic heterocycles. The average molecular weight is 516 g/mol. The van der Waals surface area contributed by atoms with Gasteiger partial charge in [0.1, 0.15) is 12.1 Å². The van der Waals surface area contributed by atoms with Crippen LogP contribution in [0.5, 0.6) is 0 Å². The number of sulfonamides is 1. The van der Waals surface area contributed by atoms with E-state index < -0.39 is 43.6 Å². The molecule has 0 aliphatic carbocycles. The lowest BCUT2D eigenvalue weighted by Crippen LogP contribution is -2.56. The molecule has 0 aromatic heterocycles. The van der Waals surface area contributed by atoms with Crippen molar-refractivity contribution in [1.29, 1.82) is 0 Å². The van der Waals surface area contributed by atoms with E-state index >= 15 is 0 Å². The van der Waals surface area contributed by atoms with Crippen molar-refractivity contribution < 1.29 is 22.9 Å². The fourth-order valence-electron chi connectivity index (χ4n) is 3.05. The molecule has 1 heterocycles. The first-order valence-corrected chi connectivity index (χ1v) is 11.4. The van der Waals surface area contributed by atoms with E-state index in [4.69, 9.17) is 4.74 Å². The Labute approximate surface area is 175 Å². The zero-order valence-electron chi connectivity index (χ0n) is 14.6. The predicted molar refractivity (Wildman–Crippen MR) is 110 cm³/mol. The van der Waals surface area contributed by atoms with Gasteiger partial charge < -0.3 is 4.74 Å². The van der Waals surface area contributed by atoms with Crippen molar-refractivity contribution in [3.63, 3.8) is 0 Å². The molecular weight excluding hydrogens is 499 g/mol. The van der Waals surface area contributed by atoms with E-state index in [-0.39, 0.29) is 13.0 Å². The van der Waals surface area contributed by atoms with Crippen molar-refractivity contribution in [3.05, 3.63) is 70.3 Å². The number of carbonyl (C=O) groups is 1. The van der Waals surface area contributed by atoms with Gasteiger partial charge in [0.05, 0.1) is 11.5 Å². The van der Waals surface area contributed by atoms with E-state index in [0.29, 0.717) is 4.43 Å². The molecule has 10 heteroatoms. The van der Waals surface area contributed by atoms with Gasteiger partial charge in [0.15, 0.2) is 4.90 Å². The fraction of sp³-hybridized carbons (Fsp3) is 0.278. The minimum absolute atomic E-state index is 0.0550. The molecule has 0 N–H and O–H groups in total. The maximum atomic E-state index is 13.3. The van der Waals surface area contributed by atoms with E-state index in [9.17, 15) is 23.3 Å². The lowest BCUT2D eigenvalue weighted by molar-refractivity contribution is -0.387. The van der Waals surface area contributed by atoms with Gasteiger partial charge in [-0.15, -0.1) is 0 Å². The number of carbonyl (C=O) groups excluding carboxylic acids is 1. The van der Waals surface area contributed by atoms with Gasteiger partial charge >= 0.3 is 5.97 Å². The van der Waals surface area contributed by atoms with Crippen molar-refractivity contribution in [2.45, 2.75) is 23.5 Å². The minimum atomic E-state index is -4.30. The molecule has 0 spiro atoms. The summed E-state index contributed by atoms with van der Waals surface area (Å²) in [5.41, 5.74) is 0.242. The number of hydrogen-bond donors (Lipinski definition) is 0. The molecule has 0 amide bonds. The SMILES string of the molecule is O=C1O[C@H](CI)CN(S(=O)(=O)c2ccccc2[N+](=O)[O-])[C@@H]1Cc1ccccc1.